The van der Waals surface area contributed by atoms with Crippen molar-refractivity contribution in [3.63, 3.8) is 0 Å². The Balaban J connectivity index is 1.09. The molecule has 0 atom stereocenters. The lowest BCUT2D eigenvalue weighted by molar-refractivity contribution is 1.25. The van der Waals surface area contributed by atoms with Crippen LogP contribution < -0.4 is 9.80 Å². The van der Waals surface area contributed by atoms with Crippen molar-refractivity contribution in [3.8, 4) is 32.3 Å². The maximum Gasteiger partial charge on any atom is 0.101 e. The van der Waals surface area contributed by atoms with Gasteiger partial charge in [0.05, 0.1) is 11.4 Å². The molecule has 4 nitrogen and oxygen atoms in total. The number of anilines is 6. The molecule has 4 heterocycles. The van der Waals surface area contributed by atoms with Crippen LogP contribution in [0.4, 0.5) is 32.8 Å². The zero-order valence-corrected chi connectivity index (χ0v) is 31.2. The minimum Gasteiger partial charge on any atom is -0.302 e. The number of benzene rings is 4. The Morgan fingerprint density at radius 1 is 0.365 bits per heavy atom. The molecule has 6 heteroatoms. The van der Waals surface area contributed by atoms with E-state index in [1.165, 1.54) is 32.0 Å². The Hall–Kier alpha value is -5.82. The highest BCUT2D eigenvalue weighted by atomic mass is 32.1. The van der Waals surface area contributed by atoms with Crippen LogP contribution in [0.25, 0.3) is 32.3 Å². The third-order valence-electron chi connectivity index (χ3n) is 9.14. The van der Waals surface area contributed by atoms with Crippen LogP contribution in [-0.2, 0) is 0 Å². The average molecular weight is 711 g/mol. The van der Waals surface area contributed by atoms with E-state index in [9.17, 15) is 0 Å². The maximum atomic E-state index is 4.78. The van der Waals surface area contributed by atoms with Gasteiger partial charge in [-0.15, -0.1) is 22.7 Å². The van der Waals surface area contributed by atoms with Gasteiger partial charge in [0.1, 0.15) is 10.0 Å². The van der Waals surface area contributed by atoms with E-state index in [2.05, 4.69) is 183 Å². The van der Waals surface area contributed by atoms with Gasteiger partial charge < -0.3 is 9.80 Å². The van der Waals surface area contributed by atoms with E-state index in [1.807, 2.05) is 12.4 Å². The number of hydrogen-bond donors (Lipinski definition) is 0. The van der Waals surface area contributed by atoms with Gasteiger partial charge in [-0.3, -0.25) is 9.97 Å². The van der Waals surface area contributed by atoms with Crippen molar-refractivity contribution in [3.05, 3.63) is 180 Å². The fourth-order valence-electron chi connectivity index (χ4n) is 6.24. The molecule has 0 aliphatic carbocycles. The molecule has 52 heavy (non-hydrogen) atoms. The monoisotopic (exact) mass is 710 g/mol. The lowest BCUT2D eigenvalue weighted by Gasteiger charge is -2.24. The predicted molar refractivity (Wildman–Crippen MR) is 222 cm³/mol. The summed E-state index contributed by atoms with van der Waals surface area (Å²) in [5, 5.41) is 2.31. The molecule has 0 bridgehead atoms. The second kappa shape index (κ2) is 14.4. The highest BCUT2D eigenvalue weighted by Gasteiger charge is 2.18. The molecular weight excluding hydrogens is 673 g/mol. The zero-order chi connectivity index (χ0) is 35.6. The highest BCUT2D eigenvalue weighted by Crippen LogP contribution is 2.44. The summed E-state index contributed by atoms with van der Waals surface area (Å²) in [5.41, 5.74) is 13.4. The molecule has 0 fully saturated rings. The lowest BCUT2D eigenvalue weighted by atomic mass is 10.1. The Kier molecular flexibility index (Phi) is 9.25. The third-order valence-corrected chi connectivity index (χ3v) is 11.4. The van der Waals surface area contributed by atoms with Crippen molar-refractivity contribution in [2.24, 2.45) is 0 Å². The summed E-state index contributed by atoms with van der Waals surface area (Å²) in [5.74, 6) is 0. The van der Waals surface area contributed by atoms with Crippen molar-refractivity contribution in [1.29, 1.82) is 0 Å². The van der Waals surface area contributed by atoms with E-state index in [0.29, 0.717) is 0 Å². The topological polar surface area (TPSA) is 32.3 Å². The molecule has 0 spiro atoms. The molecule has 0 unspecified atom stereocenters. The van der Waals surface area contributed by atoms with Gasteiger partial charge in [-0.1, -0.05) is 70.8 Å². The van der Waals surface area contributed by atoms with Crippen LogP contribution in [0.15, 0.2) is 158 Å². The van der Waals surface area contributed by atoms with Crippen LogP contribution in [-0.4, -0.2) is 9.97 Å². The predicted octanol–water partition coefficient (Wildman–Crippen LogP) is 13.8. The minimum atomic E-state index is 0.848. The summed E-state index contributed by atoms with van der Waals surface area (Å²) in [6, 6.07) is 52.2. The molecule has 4 aromatic carbocycles. The van der Waals surface area contributed by atoms with Crippen molar-refractivity contribution >= 4 is 55.4 Å². The number of nitrogens with zero attached hydrogens (tertiary/aromatic N) is 4. The first-order valence-electron chi connectivity index (χ1n) is 17.4. The Labute approximate surface area is 314 Å². The molecule has 8 rings (SSSR count). The number of hydrogen-bond acceptors (Lipinski definition) is 6. The molecule has 4 aromatic heterocycles. The Bertz CT molecular complexity index is 2180. The normalized spacial score (nSPS) is 11.1. The van der Waals surface area contributed by atoms with Gasteiger partial charge in [0.25, 0.3) is 0 Å². The van der Waals surface area contributed by atoms with Crippen LogP contribution >= 0.6 is 22.7 Å². The molecule has 8 aromatic rings. The summed E-state index contributed by atoms with van der Waals surface area (Å²) in [7, 11) is 0. The molecule has 0 aliphatic heterocycles. The van der Waals surface area contributed by atoms with Gasteiger partial charge in [-0.25, -0.2) is 0 Å². The number of thiophene rings is 2. The van der Waals surface area contributed by atoms with Crippen molar-refractivity contribution < 1.29 is 0 Å². The number of aromatic nitrogens is 2. The maximum absolute atomic E-state index is 4.78. The van der Waals surface area contributed by atoms with E-state index in [4.69, 9.17) is 9.97 Å². The van der Waals surface area contributed by atoms with Gasteiger partial charge in [-0.2, -0.15) is 0 Å². The fraction of sp³-hybridized carbons (Fsp3) is 0.0870. The third kappa shape index (κ3) is 7.04. The number of rotatable bonds is 9. The fourth-order valence-corrected chi connectivity index (χ4v) is 8.33. The smallest absolute Gasteiger partial charge is 0.101 e. The van der Waals surface area contributed by atoms with Gasteiger partial charge in [0.15, 0.2) is 0 Å². The van der Waals surface area contributed by atoms with E-state index in [0.717, 1.165) is 55.3 Å². The first kappa shape index (κ1) is 33.3. The quantitative estimate of drug-likeness (QED) is 0.149. The first-order valence-corrected chi connectivity index (χ1v) is 19.0. The Morgan fingerprint density at radius 3 is 0.981 bits per heavy atom. The van der Waals surface area contributed by atoms with Gasteiger partial charge >= 0.3 is 0 Å². The SMILES string of the molecule is Cc1ccc(N(c2ccc(C)cc2)c2ccc(-c3ccnc(-c4cc(-c5ccc(N(c6ccc(C)cc6)c6ccc(C)cc6)s5)ccn4)c3)s2)cc1. The van der Waals surface area contributed by atoms with E-state index < -0.39 is 0 Å². The van der Waals surface area contributed by atoms with Crippen LogP contribution in [0.3, 0.4) is 0 Å². The average Bonchev–Trinajstić information content (AvgIpc) is 3.87. The van der Waals surface area contributed by atoms with E-state index in [1.54, 1.807) is 22.7 Å². The van der Waals surface area contributed by atoms with Crippen molar-refractivity contribution in [2.75, 3.05) is 9.80 Å². The number of aryl methyl sites for hydroxylation is 4. The molecule has 254 valence electrons. The van der Waals surface area contributed by atoms with Gasteiger partial charge in [-0.05, 0) is 136 Å². The second-order valence-corrected chi connectivity index (χ2v) is 15.3. The summed E-state index contributed by atoms with van der Waals surface area (Å²) in [6.07, 6.45) is 3.78. The van der Waals surface area contributed by atoms with Crippen LogP contribution in [0.1, 0.15) is 22.3 Å². The second-order valence-electron chi connectivity index (χ2n) is 13.1. The summed E-state index contributed by atoms with van der Waals surface area (Å²) < 4.78 is 0. The summed E-state index contributed by atoms with van der Waals surface area (Å²) in [4.78, 5) is 16.6. The van der Waals surface area contributed by atoms with Crippen LogP contribution in [0.2, 0.25) is 0 Å². The molecule has 0 radical (unpaired) electrons. The minimum absolute atomic E-state index is 0.848. The Morgan fingerprint density at radius 2 is 0.673 bits per heavy atom. The van der Waals surface area contributed by atoms with E-state index >= 15 is 0 Å². The highest BCUT2D eigenvalue weighted by molar-refractivity contribution is 7.19. The standard InChI is InChI=1S/C46H38N4S2/c1-31-5-13-37(14-6-31)49(38-15-7-32(2)8-16-38)45-23-21-43(51-45)35-25-27-47-41(29-35)42-30-36(26-28-48-42)44-22-24-46(52-44)50(39-17-9-33(3)10-18-39)40-19-11-34(4)12-20-40/h5-30H,1-4H3. The van der Waals surface area contributed by atoms with Gasteiger partial charge in [0.2, 0.25) is 0 Å². The molecular formula is C46H38N4S2. The van der Waals surface area contributed by atoms with Crippen molar-refractivity contribution in [1.82, 2.24) is 9.97 Å². The largest absolute Gasteiger partial charge is 0.302 e. The molecule has 0 amide bonds. The zero-order valence-electron chi connectivity index (χ0n) is 29.6. The molecule has 0 aliphatic rings. The van der Waals surface area contributed by atoms with Crippen LogP contribution in [0, 0.1) is 27.7 Å². The molecule has 0 N–H and O–H groups in total. The molecule has 0 saturated heterocycles. The number of pyridine rings is 2. The van der Waals surface area contributed by atoms with Crippen molar-refractivity contribution in [2.45, 2.75) is 27.7 Å². The summed E-state index contributed by atoms with van der Waals surface area (Å²) in [6.45, 7) is 8.50. The van der Waals surface area contributed by atoms with Crippen LogP contribution in [0.5, 0.6) is 0 Å². The van der Waals surface area contributed by atoms with Gasteiger partial charge in [0, 0.05) is 44.9 Å². The first-order chi connectivity index (χ1) is 25.4. The van der Waals surface area contributed by atoms with E-state index in [-0.39, 0.29) is 0 Å². The lowest BCUT2D eigenvalue weighted by Crippen LogP contribution is -2.08. The summed E-state index contributed by atoms with van der Waals surface area (Å²) >= 11 is 3.55. The molecule has 0 saturated carbocycles.